The quantitative estimate of drug-likeness (QED) is 0.313. The summed E-state index contributed by atoms with van der Waals surface area (Å²) in [6.07, 6.45) is 3.92. The van der Waals surface area contributed by atoms with Gasteiger partial charge < -0.3 is 19.3 Å². The molecule has 0 atom stereocenters. The predicted molar refractivity (Wildman–Crippen MR) is 69.2 cm³/mol. The van der Waals surface area contributed by atoms with Gasteiger partial charge in [-0.05, 0) is 6.42 Å². The molecule has 0 saturated carbocycles. The first-order valence-electron chi connectivity index (χ1n) is 6.48. The van der Waals surface area contributed by atoms with Crippen LogP contribution in [0.1, 0.15) is 40.0 Å². The number of quaternary nitrogens is 1. The second-order valence-corrected chi connectivity index (χ2v) is 5.18. The van der Waals surface area contributed by atoms with E-state index in [4.69, 9.17) is 14.9 Å². The largest absolute Gasteiger partial charge is 0.444 e. The Morgan fingerprint density at radius 1 is 1.35 bits per heavy atom. The minimum absolute atomic E-state index is 0.790. The van der Waals surface area contributed by atoms with E-state index in [2.05, 4.69) is 20.8 Å². The molecule has 0 aliphatic carbocycles. The highest BCUT2D eigenvalue weighted by molar-refractivity contribution is 4.55. The van der Waals surface area contributed by atoms with Crippen LogP contribution in [0.25, 0.3) is 0 Å². The van der Waals surface area contributed by atoms with Crippen molar-refractivity contribution in [1.82, 2.24) is 0 Å². The van der Waals surface area contributed by atoms with Gasteiger partial charge in [0.25, 0.3) is 0 Å². The van der Waals surface area contributed by atoms with Gasteiger partial charge in [0.2, 0.25) is 0 Å². The highest BCUT2D eigenvalue weighted by atomic mass is 16.6. The zero-order valence-corrected chi connectivity index (χ0v) is 11.4. The highest BCUT2D eigenvalue weighted by Gasteiger charge is 2.32. The van der Waals surface area contributed by atoms with Crippen LogP contribution in [0, 0.1) is 16.0 Å². The van der Waals surface area contributed by atoms with Gasteiger partial charge in [-0.3, -0.25) is 0 Å². The third kappa shape index (κ3) is 7.28. The average molecular weight is 246 g/mol. The number of nitrogens with zero attached hydrogens (tertiary/aromatic N) is 2. The molecule has 0 N–H and O–H groups in total. The Hall–Kier alpha value is -0.680. The molecule has 1 saturated heterocycles. The van der Waals surface area contributed by atoms with E-state index in [0.29, 0.717) is 0 Å². The van der Waals surface area contributed by atoms with Crippen LogP contribution in [-0.2, 0) is 4.74 Å². The Kier molecular flexibility index (Phi) is 8.99. The number of hydrogen-bond acceptors (Lipinski definition) is 4. The molecule has 1 rings (SSSR count). The SMILES string of the molecule is CCCOC[N+]1(CC(C)C)CCCC1.O=N[O-]. The van der Waals surface area contributed by atoms with E-state index in [1.807, 2.05) is 0 Å². The summed E-state index contributed by atoms with van der Waals surface area (Å²) in [5.74, 6) is 0.790. The van der Waals surface area contributed by atoms with Crippen LogP contribution in [0.5, 0.6) is 0 Å². The zero-order valence-electron chi connectivity index (χ0n) is 11.4. The molecule has 17 heavy (non-hydrogen) atoms. The summed E-state index contributed by atoms with van der Waals surface area (Å²) in [7, 11) is 0. The molecule has 0 unspecified atom stereocenters. The van der Waals surface area contributed by atoms with Crippen LogP contribution in [0.2, 0.25) is 0 Å². The fraction of sp³-hybridized carbons (Fsp3) is 1.00. The lowest BCUT2D eigenvalue weighted by atomic mass is 10.2. The van der Waals surface area contributed by atoms with Crippen LogP contribution < -0.4 is 0 Å². The molecule has 0 aromatic rings. The topological polar surface area (TPSA) is 61.7 Å². The summed E-state index contributed by atoms with van der Waals surface area (Å²) >= 11 is 0. The molecule has 1 aliphatic heterocycles. The molecule has 1 fully saturated rings. The second kappa shape index (κ2) is 9.36. The third-order valence-corrected chi connectivity index (χ3v) is 2.98. The molecular formula is C12H26N2O3. The van der Waals surface area contributed by atoms with Crippen LogP contribution in [0.4, 0.5) is 0 Å². The molecule has 0 bridgehead atoms. The van der Waals surface area contributed by atoms with Crippen molar-refractivity contribution in [3.05, 3.63) is 10.1 Å². The first kappa shape index (κ1) is 16.3. The molecule has 0 spiro atoms. The first-order valence-corrected chi connectivity index (χ1v) is 6.48. The van der Waals surface area contributed by atoms with Crippen LogP contribution >= 0.6 is 0 Å². The van der Waals surface area contributed by atoms with Gasteiger partial charge in [-0.15, -0.1) is 5.34 Å². The highest BCUT2D eigenvalue weighted by Crippen LogP contribution is 2.21. The minimum atomic E-state index is 0.790. The maximum absolute atomic E-state index is 8.00. The molecule has 5 heteroatoms. The summed E-state index contributed by atoms with van der Waals surface area (Å²) < 4.78 is 6.96. The monoisotopic (exact) mass is 246 g/mol. The molecule has 1 heterocycles. The lowest BCUT2D eigenvalue weighted by Crippen LogP contribution is -2.49. The van der Waals surface area contributed by atoms with E-state index in [1.54, 1.807) is 0 Å². The lowest BCUT2D eigenvalue weighted by molar-refractivity contribution is -0.937. The number of rotatable bonds is 6. The number of likely N-dealkylation sites (tertiary alicyclic amines) is 1. The molecule has 0 amide bonds. The average Bonchev–Trinajstić information content (AvgIpc) is 2.67. The summed E-state index contributed by atoms with van der Waals surface area (Å²) in [4.78, 5) is 8.00. The first-order chi connectivity index (χ1) is 8.10. The van der Waals surface area contributed by atoms with Gasteiger partial charge in [-0.1, -0.05) is 20.8 Å². The van der Waals surface area contributed by atoms with E-state index in [9.17, 15) is 0 Å². The molecular weight excluding hydrogens is 220 g/mol. The van der Waals surface area contributed by atoms with Crippen molar-refractivity contribution in [2.24, 2.45) is 11.3 Å². The lowest BCUT2D eigenvalue weighted by Gasteiger charge is -2.35. The van der Waals surface area contributed by atoms with Crippen molar-refractivity contribution < 1.29 is 9.22 Å². The molecule has 0 radical (unpaired) electrons. The Bertz CT molecular complexity index is 192. The van der Waals surface area contributed by atoms with E-state index < -0.39 is 0 Å². The van der Waals surface area contributed by atoms with Crippen molar-refractivity contribution >= 4 is 0 Å². The molecule has 102 valence electrons. The summed E-state index contributed by atoms with van der Waals surface area (Å²) in [6, 6.07) is 0. The van der Waals surface area contributed by atoms with Crippen molar-refractivity contribution in [3.8, 4) is 0 Å². The van der Waals surface area contributed by atoms with Gasteiger partial charge in [0.15, 0.2) is 6.73 Å². The van der Waals surface area contributed by atoms with E-state index >= 15 is 0 Å². The maximum Gasteiger partial charge on any atom is 0.183 e. The fourth-order valence-electron chi connectivity index (χ4n) is 2.55. The van der Waals surface area contributed by atoms with E-state index in [1.165, 1.54) is 37.0 Å². The number of ether oxygens (including phenoxy) is 1. The van der Waals surface area contributed by atoms with Gasteiger partial charge in [-0.25, -0.2) is 0 Å². The van der Waals surface area contributed by atoms with Gasteiger partial charge in [0.05, 0.1) is 26.2 Å². The molecule has 1 aliphatic rings. The second-order valence-electron chi connectivity index (χ2n) is 5.18. The van der Waals surface area contributed by atoms with Crippen molar-refractivity contribution in [2.45, 2.75) is 40.0 Å². The van der Waals surface area contributed by atoms with E-state index in [0.717, 1.165) is 31.0 Å². The van der Waals surface area contributed by atoms with E-state index in [-0.39, 0.29) is 0 Å². The van der Waals surface area contributed by atoms with Gasteiger partial charge >= 0.3 is 0 Å². The fourth-order valence-corrected chi connectivity index (χ4v) is 2.55. The van der Waals surface area contributed by atoms with Crippen LogP contribution in [0.3, 0.4) is 0 Å². The number of hydrogen-bond donors (Lipinski definition) is 0. The Morgan fingerprint density at radius 2 is 1.88 bits per heavy atom. The van der Waals surface area contributed by atoms with Crippen LogP contribution in [0.15, 0.2) is 5.34 Å². The molecule has 0 aromatic carbocycles. The van der Waals surface area contributed by atoms with Gasteiger partial charge in [0.1, 0.15) is 0 Å². The Balaban J connectivity index is 0.000000770. The third-order valence-electron chi connectivity index (χ3n) is 2.98. The Morgan fingerprint density at radius 3 is 2.29 bits per heavy atom. The summed E-state index contributed by atoms with van der Waals surface area (Å²) in [5, 5.41) is 9.00. The predicted octanol–water partition coefficient (Wildman–Crippen LogP) is 2.89. The molecule has 0 aromatic heterocycles. The smallest absolute Gasteiger partial charge is 0.183 e. The molecule has 5 nitrogen and oxygen atoms in total. The van der Waals surface area contributed by atoms with Gasteiger partial charge in [0, 0.05) is 18.8 Å². The van der Waals surface area contributed by atoms with Crippen LogP contribution in [-0.4, -0.2) is 37.5 Å². The van der Waals surface area contributed by atoms with Crippen molar-refractivity contribution in [1.29, 1.82) is 0 Å². The zero-order chi connectivity index (χ0) is 13.1. The van der Waals surface area contributed by atoms with Crippen molar-refractivity contribution in [2.75, 3.05) is 33.0 Å². The summed E-state index contributed by atoms with van der Waals surface area (Å²) in [6.45, 7) is 12.7. The summed E-state index contributed by atoms with van der Waals surface area (Å²) in [5.41, 5.74) is 0. The maximum atomic E-state index is 8.00. The Labute approximate surface area is 104 Å². The normalized spacial score (nSPS) is 17.6. The standard InChI is InChI=1S/C12H26NO.HNO2/c1-4-9-14-11-13(10-12(2)3)7-5-6-8-13;2-1-3/h12H,4-11H2,1-3H3;(H,2,3)/q+1;/p-1. The van der Waals surface area contributed by atoms with Gasteiger partial charge in [-0.2, -0.15) is 0 Å². The minimum Gasteiger partial charge on any atom is -0.444 e. The van der Waals surface area contributed by atoms with Crippen molar-refractivity contribution in [3.63, 3.8) is 0 Å².